The van der Waals surface area contributed by atoms with Crippen molar-refractivity contribution in [3.8, 4) is 11.5 Å². The third kappa shape index (κ3) is 3.35. The summed E-state index contributed by atoms with van der Waals surface area (Å²) in [5.41, 5.74) is 1.69. The number of aryl methyl sites for hydroxylation is 2. The van der Waals surface area contributed by atoms with Crippen molar-refractivity contribution >= 4 is 22.2 Å². The van der Waals surface area contributed by atoms with Crippen molar-refractivity contribution < 1.29 is 14.3 Å². The predicted molar refractivity (Wildman–Crippen MR) is 114 cm³/mol. The first-order valence-electron chi connectivity index (χ1n) is 10.3. The summed E-state index contributed by atoms with van der Waals surface area (Å²) < 4.78 is 12.8. The fourth-order valence-corrected chi connectivity index (χ4v) is 5.26. The Morgan fingerprint density at radius 3 is 2.83 bits per heavy atom. The highest BCUT2D eigenvalue weighted by atomic mass is 32.1. The number of ether oxygens (including phenoxy) is 2. The van der Waals surface area contributed by atoms with Gasteiger partial charge in [-0.3, -0.25) is 14.0 Å². The molecule has 1 aliphatic heterocycles. The van der Waals surface area contributed by atoms with Crippen LogP contribution in [0.3, 0.4) is 0 Å². The number of nitrogens with one attached hydrogen (secondary N) is 1. The van der Waals surface area contributed by atoms with Gasteiger partial charge in [0.05, 0.1) is 6.04 Å². The third-order valence-electron chi connectivity index (χ3n) is 5.71. The predicted octanol–water partition coefficient (Wildman–Crippen LogP) is 3.29. The van der Waals surface area contributed by atoms with Crippen LogP contribution in [0.5, 0.6) is 11.5 Å². The lowest BCUT2D eigenvalue weighted by Gasteiger charge is -2.21. The summed E-state index contributed by atoms with van der Waals surface area (Å²) in [4.78, 5) is 32.4. The van der Waals surface area contributed by atoms with Crippen LogP contribution in [0, 0.1) is 0 Å². The molecule has 0 fully saturated rings. The molecule has 30 heavy (non-hydrogen) atoms. The lowest BCUT2D eigenvalue weighted by atomic mass is 10.1. The van der Waals surface area contributed by atoms with Crippen molar-refractivity contribution in [1.82, 2.24) is 14.7 Å². The molecule has 3 aromatic rings. The highest BCUT2D eigenvalue weighted by Crippen LogP contribution is 2.32. The first-order chi connectivity index (χ1) is 14.6. The van der Waals surface area contributed by atoms with Gasteiger partial charge in [-0.15, -0.1) is 11.3 Å². The summed E-state index contributed by atoms with van der Waals surface area (Å²) in [7, 11) is 0. The minimum absolute atomic E-state index is 0.0711. The average molecular weight is 426 g/mol. The molecule has 2 aliphatic rings. The second-order valence-corrected chi connectivity index (χ2v) is 8.79. The van der Waals surface area contributed by atoms with Gasteiger partial charge in [-0.05, 0) is 50.3 Å². The van der Waals surface area contributed by atoms with Crippen molar-refractivity contribution in [2.24, 2.45) is 0 Å². The SMILES string of the molecule is CC(NC(=O)c1cnc2sc3c(n2c1=O)CCCCC3)c1ccc2c(c1)OCCO2. The maximum atomic E-state index is 13.2. The minimum Gasteiger partial charge on any atom is -0.486 e. The number of hydrogen-bond acceptors (Lipinski definition) is 6. The molecule has 8 heteroatoms. The fourth-order valence-electron chi connectivity index (χ4n) is 4.09. The first-order valence-corrected chi connectivity index (χ1v) is 11.2. The van der Waals surface area contributed by atoms with Gasteiger partial charge in [-0.25, -0.2) is 4.98 Å². The number of carbonyl (C=O) groups is 1. The molecule has 1 N–H and O–H groups in total. The largest absolute Gasteiger partial charge is 0.486 e. The van der Waals surface area contributed by atoms with E-state index in [9.17, 15) is 9.59 Å². The van der Waals surface area contributed by atoms with Gasteiger partial charge in [0.25, 0.3) is 11.5 Å². The van der Waals surface area contributed by atoms with E-state index in [-0.39, 0.29) is 17.2 Å². The molecule has 1 amide bonds. The Bertz CT molecular complexity index is 1180. The number of rotatable bonds is 3. The molecule has 0 bridgehead atoms. The number of hydrogen-bond donors (Lipinski definition) is 1. The summed E-state index contributed by atoms with van der Waals surface area (Å²) >= 11 is 1.57. The molecule has 1 atom stereocenters. The van der Waals surface area contributed by atoms with Crippen LogP contribution in [0.4, 0.5) is 0 Å². The zero-order valence-electron chi connectivity index (χ0n) is 16.8. The van der Waals surface area contributed by atoms with E-state index in [1.54, 1.807) is 15.7 Å². The normalized spacial score (nSPS) is 16.6. The van der Waals surface area contributed by atoms with Crippen LogP contribution < -0.4 is 20.3 Å². The molecule has 1 aliphatic carbocycles. The number of aromatic nitrogens is 2. The number of benzene rings is 1. The van der Waals surface area contributed by atoms with Crippen LogP contribution in [0.25, 0.3) is 4.96 Å². The smallest absolute Gasteiger partial charge is 0.271 e. The van der Waals surface area contributed by atoms with Crippen LogP contribution >= 0.6 is 11.3 Å². The van der Waals surface area contributed by atoms with Gasteiger partial charge in [0.15, 0.2) is 16.5 Å². The van der Waals surface area contributed by atoms with E-state index >= 15 is 0 Å². The molecule has 0 radical (unpaired) electrons. The van der Waals surface area contributed by atoms with Gasteiger partial charge >= 0.3 is 0 Å². The second-order valence-electron chi connectivity index (χ2n) is 7.73. The highest BCUT2D eigenvalue weighted by Gasteiger charge is 2.22. The number of thiazole rings is 1. The summed E-state index contributed by atoms with van der Waals surface area (Å²) in [6.07, 6.45) is 6.59. The molecule has 1 aromatic carbocycles. The molecule has 7 nitrogen and oxygen atoms in total. The molecule has 5 rings (SSSR count). The Kier molecular flexibility index (Phi) is 4.94. The third-order valence-corrected chi connectivity index (χ3v) is 6.87. The zero-order chi connectivity index (χ0) is 20.7. The molecular formula is C22H23N3O4S. The van der Waals surface area contributed by atoms with Crippen LogP contribution in [0.1, 0.15) is 58.7 Å². The molecule has 2 aromatic heterocycles. The molecule has 3 heterocycles. The van der Waals surface area contributed by atoms with Crippen LogP contribution in [0.15, 0.2) is 29.2 Å². The van der Waals surface area contributed by atoms with E-state index in [0.29, 0.717) is 29.7 Å². The molecule has 1 unspecified atom stereocenters. The van der Waals surface area contributed by atoms with E-state index in [1.165, 1.54) is 11.1 Å². The van der Waals surface area contributed by atoms with Crippen molar-refractivity contribution in [3.05, 3.63) is 56.4 Å². The van der Waals surface area contributed by atoms with Crippen molar-refractivity contribution in [1.29, 1.82) is 0 Å². The molecule has 0 spiro atoms. The Hall–Kier alpha value is -2.87. The number of nitrogens with zero attached hydrogens (tertiary/aromatic N) is 2. The van der Waals surface area contributed by atoms with Crippen molar-refractivity contribution in [2.75, 3.05) is 13.2 Å². The Morgan fingerprint density at radius 1 is 1.17 bits per heavy atom. The number of carbonyl (C=O) groups excluding carboxylic acids is 1. The van der Waals surface area contributed by atoms with Gasteiger partial charge in [-0.2, -0.15) is 0 Å². The summed E-state index contributed by atoms with van der Waals surface area (Å²) in [5, 5.41) is 2.92. The van der Waals surface area contributed by atoms with Gasteiger partial charge in [0, 0.05) is 16.8 Å². The monoisotopic (exact) mass is 425 g/mol. The average Bonchev–Trinajstić information content (AvgIpc) is 2.96. The minimum atomic E-state index is -0.419. The standard InChI is InChI=1S/C22H23N3O4S/c1-13(14-7-8-17-18(11-14)29-10-9-28-17)24-20(26)15-12-23-22-25(21(15)27)16-5-3-2-4-6-19(16)30-22/h7-8,11-13H,2-6,9-10H2,1H3,(H,24,26). The van der Waals surface area contributed by atoms with E-state index in [2.05, 4.69) is 10.3 Å². The highest BCUT2D eigenvalue weighted by molar-refractivity contribution is 7.17. The maximum Gasteiger partial charge on any atom is 0.271 e. The van der Waals surface area contributed by atoms with E-state index in [4.69, 9.17) is 9.47 Å². The van der Waals surface area contributed by atoms with Crippen LogP contribution in [-0.4, -0.2) is 28.5 Å². The van der Waals surface area contributed by atoms with E-state index < -0.39 is 5.91 Å². The quantitative estimate of drug-likeness (QED) is 0.651. The lowest BCUT2D eigenvalue weighted by molar-refractivity contribution is 0.0937. The summed E-state index contributed by atoms with van der Waals surface area (Å²) in [5.74, 6) is 0.955. The number of fused-ring (bicyclic) bond motifs is 4. The Morgan fingerprint density at radius 2 is 1.97 bits per heavy atom. The second kappa shape index (κ2) is 7.75. The van der Waals surface area contributed by atoms with E-state index in [1.807, 2.05) is 25.1 Å². The van der Waals surface area contributed by atoms with E-state index in [0.717, 1.165) is 43.4 Å². The zero-order valence-corrected chi connectivity index (χ0v) is 17.6. The summed E-state index contributed by atoms with van der Waals surface area (Å²) in [6.45, 7) is 2.92. The number of amides is 1. The topological polar surface area (TPSA) is 81.9 Å². The molecule has 0 saturated heterocycles. The summed E-state index contributed by atoms with van der Waals surface area (Å²) in [6, 6.07) is 5.31. The van der Waals surface area contributed by atoms with Crippen LogP contribution in [0.2, 0.25) is 0 Å². The molecule has 0 saturated carbocycles. The molecule has 156 valence electrons. The van der Waals surface area contributed by atoms with Crippen LogP contribution in [-0.2, 0) is 12.8 Å². The van der Waals surface area contributed by atoms with Gasteiger partial charge < -0.3 is 14.8 Å². The van der Waals surface area contributed by atoms with Gasteiger partial charge in [-0.1, -0.05) is 12.5 Å². The maximum absolute atomic E-state index is 13.2. The first kappa shape index (κ1) is 19.1. The fraction of sp³-hybridized carbons (Fsp3) is 0.409. The van der Waals surface area contributed by atoms with Gasteiger partial charge in [0.2, 0.25) is 0 Å². The molecular weight excluding hydrogens is 402 g/mol. The lowest BCUT2D eigenvalue weighted by Crippen LogP contribution is -2.33. The van der Waals surface area contributed by atoms with Crippen molar-refractivity contribution in [3.63, 3.8) is 0 Å². The Labute approximate surface area is 177 Å². The Balaban J connectivity index is 1.43. The van der Waals surface area contributed by atoms with Crippen molar-refractivity contribution in [2.45, 2.75) is 45.1 Å². The van der Waals surface area contributed by atoms with Gasteiger partial charge in [0.1, 0.15) is 18.8 Å².